The first-order valence-electron chi connectivity index (χ1n) is 10.1. The number of carbonyl (C=O) groups is 2. The second-order valence-corrected chi connectivity index (χ2v) is 8.57. The largest absolute Gasteiger partial charge is 0.378 e. The number of aromatic nitrogens is 1. The standard InChI is InChI=1S/C23H21ClN4O3S/c24-18-5-6-20(26-14-18)27-23(30)21-17(7-12-32-21)13-19(29)15-1-3-16(4-2-15)22(25)28-8-10-31-11-9-28/h1-7,12,14,25H,8-11,13H2,(H,26,27,30). The molecular formula is C23H21ClN4O3S. The van der Waals surface area contributed by atoms with Gasteiger partial charge < -0.3 is 15.0 Å². The van der Waals surface area contributed by atoms with Crippen LogP contribution in [0.5, 0.6) is 0 Å². The Morgan fingerprint density at radius 3 is 2.50 bits per heavy atom. The number of nitrogens with one attached hydrogen (secondary N) is 2. The lowest BCUT2D eigenvalue weighted by molar-refractivity contribution is 0.0680. The van der Waals surface area contributed by atoms with Crippen molar-refractivity contribution >= 4 is 46.3 Å². The quantitative estimate of drug-likeness (QED) is 0.322. The van der Waals surface area contributed by atoms with Gasteiger partial charge in [0.2, 0.25) is 0 Å². The van der Waals surface area contributed by atoms with Crippen LogP contribution in [0.2, 0.25) is 5.02 Å². The number of carbonyl (C=O) groups excluding carboxylic acids is 2. The average molecular weight is 469 g/mol. The first-order valence-corrected chi connectivity index (χ1v) is 11.3. The smallest absolute Gasteiger partial charge is 0.267 e. The van der Waals surface area contributed by atoms with Gasteiger partial charge in [-0.05, 0) is 29.1 Å². The van der Waals surface area contributed by atoms with E-state index in [2.05, 4.69) is 10.3 Å². The van der Waals surface area contributed by atoms with E-state index in [1.54, 1.807) is 47.8 Å². The minimum atomic E-state index is -0.313. The van der Waals surface area contributed by atoms with Gasteiger partial charge in [0.05, 0.1) is 23.1 Å². The summed E-state index contributed by atoms with van der Waals surface area (Å²) in [4.78, 5) is 32.0. The Bertz CT molecular complexity index is 1120. The van der Waals surface area contributed by atoms with Crippen LogP contribution < -0.4 is 5.32 Å². The van der Waals surface area contributed by atoms with Crippen molar-refractivity contribution in [2.24, 2.45) is 0 Å². The lowest BCUT2D eigenvalue weighted by Crippen LogP contribution is -2.40. The first kappa shape index (κ1) is 22.1. The van der Waals surface area contributed by atoms with E-state index in [1.165, 1.54) is 17.5 Å². The van der Waals surface area contributed by atoms with Gasteiger partial charge in [-0.1, -0.05) is 35.9 Å². The molecule has 2 N–H and O–H groups in total. The minimum absolute atomic E-state index is 0.0912. The van der Waals surface area contributed by atoms with Crippen molar-refractivity contribution < 1.29 is 14.3 Å². The van der Waals surface area contributed by atoms with Crippen molar-refractivity contribution in [2.75, 3.05) is 31.6 Å². The average Bonchev–Trinajstić information content (AvgIpc) is 3.29. The number of halogens is 1. The van der Waals surface area contributed by atoms with Crippen LogP contribution in [0, 0.1) is 5.41 Å². The van der Waals surface area contributed by atoms with Gasteiger partial charge in [-0.25, -0.2) is 4.98 Å². The van der Waals surface area contributed by atoms with Gasteiger partial charge in [0.1, 0.15) is 11.7 Å². The molecule has 32 heavy (non-hydrogen) atoms. The van der Waals surface area contributed by atoms with Crippen molar-refractivity contribution in [1.82, 2.24) is 9.88 Å². The van der Waals surface area contributed by atoms with Crippen molar-refractivity contribution in [1.29, 1.82) is 5.41 Å². The number of nitrogens with zero attached hydrogens (tertiary/aromatic N) is 2. The van der Waals surface area contributed by atoms with Crippen LogP contribution in [-0.4, -0.2) is 53.7 Å². The van der Waals surface area contributed by atoms with Crippen LogP contribution in [0.1, 0.15) is 31.2 Å². The zero-order chi connectivity index (χ0) is 22.5. The number of morpholine rings is 1. The van der Waals surface area contributed by atoms with E-state index in [9.17, 15) is 9.59 Å². The molecule has 0 saturated carbocycles. The Hall–Kier alpha value is -3.07. The highest BCUT2D eigenvalue weighted by Crippen LogP contribution is 2.21. The molecule has 3 heterocycles. The van der Waals surface area contributed by atoms with Gasteiger partial charge in [-0.15, -0.1) is 11.3 Å². The third kappa shape index (κ3) is 5.21. The summed E-state index contributed by atoms with van der Waals surface area (Å²) >= 11 is 7.10. The molecule has 0 unspecified atom stereocenters. The molecule has 2 aromatic heterocycles. The summed E-state index contributed by atoms with van der Waals surface area (Å²) in [5, 5.41) is 13.4. The minimum Gasteiger partial charge on any atom is -0.378 e. The second kappa shape index (κ2) is 10.0. The number of ketones is 1. The van der Waals surface area contributed by atoms with Crippen LogP contribution in [0.3, 0.4) is 0 Å². The van der Waals surface area contributed by atoms with Gasteiger partial charge in [-0.3, -0.25) is 15.0 Å². The molecule has 1 fully saturated rings. The number of ether oxygens (including phenoxy) is 1. The zero-order valence-corrected chi connectivity index (χ0v) is 18.7. The number of amidine groups is 1. The van der Waals surface area contributed by atoms with E-state index < -0.39 is 0 Å². The molecule has 9 heteroatoms. The number of benzene rings is 1. The third-order valence-electron chi connectivity index (χ3n) is 5.08. The van der Waals surface area contributed by atoms with Crippen LogP contribution in [0.25, 0.3) is 0 Å². The van der Waals surface area contributed by atoms with E-state index in [0.29, 0.717) is 59.0 Å². The molecule has 7 nitrogen and oxygen atoms in total. The van der Waals surface area contributed by atoms with Gasteiger partial charge in [0.15, 0.2) is 5.78 Å². The van der Waals surface area contributed by atoms with Gasteiger partial charge in [0.25, 0.3) is 5.91 Å². The maximum absolute atomic E-state index is 12.8. The lowest BCUT2D eigenvalue weighted by Gasteiger charge is -2.29. The molecule has 0 bridgehead atoms. The number of thiophene rings is 1. The van der Waals surface area contributed by atoms with Crippen LogP contribution in [0.4, 0.5) is 5.82 Å². The van der Waals surface area contributed by atoms with E-state index in [-0.39, 0.29) is 18.1 Å². The van der Waals surface area contributed by atoms with Crippen molar-refractivity contribution in [3.63, 3.8) is 0 Å². The molecule has 1 saturated heterocycles. The monoisotopic (exact) mass is 468 g/mol. The maximum Gasteiger partial charge on any atom is 0.267 e. The molecule has 0 aliphatic carbocycles. The third-order valence-corrected chi connectivity index (χ3v) is 6.26. The Balaban J connectivity index is 1.41. The lowest BCUT2D eigenvalue weighted by atomic mass is 10.0. The van der Waals surface area contributed by atoms with Crippen LogP contribution in [-0.2, 0) is 11.2 Å². The van der Waals surface area contributed by atoms with Crippen LogP contribution >= 0.6 is 22.9 Å². The number of pyridine rings is 1. The number of anilines is 1. The predicted octanol–water partition coefficient (Wildman–Crippen LogP) is 4.13. The Labute approximate surface area is 194 Å². The predicted molar refractivity (Wildman–Crippen MR) is 125 cm³/mol. The summed E-state index contributed by atoms with van der Waals surface area (Å²) < 4.78 is 5.33. The van der Waals surface area contributed by atoms with Crippen LogP contribution in [0.15, 0.2) is 54.0 Å². The van der Waals surface area contributed by atoms with E-state index >= 15 is 0 Å². The molecule has 164 valence electrons. The fourth-order valence-corrected chi connectivity index (χ4v) is 4.29. The molecule has 1 amide bonds. The van der Waals surface area contributed by atoms with E-state index in [0.717, 1.165) is 5.56 Å². The molecular weight excluding hydrogens is 448 g/mol. The molecule has 1 aliphatic heterocycles. The van der Waals surface area contributed by atoms with Gasteiger partial charge in [0, 0.05) is 36.8 Å². The van der Waals surface area contributed by atoms with Crippen molar-refractivity contribution in [3.8, 4) is 0 Å². The number of hydrogen-bond acceptors (Lipinski definition) is 6. The van der Waals surface area contributed by atoms with E-state index in [4.69, 9.17) is 21.7 Å². The van der Waals surface area contributed by atoms with E-state index in [1.807, 2.05) is 4.90 Å². The number of Topliss-reactive ketones (excluding diaryl/α,β-unsaturated/α-hetero) is 1. The van der Waals surface area contributed by atoms with Gasteiger partial charge in [-0.2, -0.15) is 0 Å². The maximum atomic E-state index is 12.8. The zero-order valence-electron chi connectivity index (χ0n) is 17.1. The first-order chi connectivity index (χ1) is 15.5. The SMILES string of the molecule is N=C(c1ccc(C(=O)Cc2ccsc2C(=O)Nc2ccc(Cl)cn2)cc1)N1CCOCC1. The number of amides is 1. The molecule has 1 aromatic carbocycles. The summed E-state index contributed by atoms with van der Waals surface area (Å²) in [5.74, 6) is 0.418. The number of hydrogen-bond donors (Lipinski definition) is 2. The van der Waals surface area contributed by atoms with Crippen molar-refractivity contribution in [3.05, 3.63) is 80.6 Å². The Morgan fingerprint density at radius 2 is 1.81 bits per heavy atom. The summed E-state index contributed by atoms with van der Waals surface area (Å²) in [6.45, 7) is 2.61. The summed E-state index contributed by atoms with van der Waals surface area (Å²) in [5.41, 5.74) is 1.96. The molecule has 0 atom stereocenters. The number of rotatable bonds is 6. The molecule has 4 rings (SSSR count). The highest BCUT2D eigenvalue weighted by atomic mass is 35.5. The second-order valence-electron chi connectivity index (χ2n) is 7.22. The molecule has 0 radical (unpaired) electrons. The Kier molecular flexibility index (Phi) is 6.94. The highest BCUT2D eigenvalue weighted by Gasteiger charge is 2.19. The molecule has 0 spiro atoms. The van der Waals surface area contributed by atoms with Crippen molar-refractivity contribution in [2.45, 2.75) is 6.42 Å². The fraction of sp³-hybridized carbons (Fsp3) is 0.217. The normalized spacial score (nSPS) is 13.6. The van der Waals surface area contributed by atoms with Gasteiger partial charge >= 0.3 is 0 Å². The summed E-state index contributed by atoms with van der Waals surface area (Å²) in [7, 11) is 0. The Morgan fingerprint density at radius 1 is 1.09 bits per heavy atom. The molecule has 3 aromatic rings. The highest BCUT2D eigenvalue weighted by molar-refractivity contribution is 7.12. The topological polar surface area (TPSA) is 95.4 Å². The summed E-state index contributed by atoms with van der Waals surface area (Å²) in [6, 6.07) is 12.1. The summed E-state index contributed by atoms with van der Waals surface area (Å²) in [6.07, 6.45) is 1.57. The molecule has 1 aliphatic rings. The fourth-order valence-electron chi connectivity index (χ4n) is 3.36.